The molecule has 2 aromatic heterocycles. The van der Waals surface area contributed by atoms with Crippen LogP contribution in [-0.4, -0.2) is 54.2 Å². The van der Waals surface area contributed by atoms with Gasteiger partial charge < -0.3 is 10.0 Å². The molecular weight excluding hydrogens is 296 g/mol. The number of hydrogen-bond donors (Lipinski definition) is 2. The molecule has 124 valence electrons. The van der Waals surface area contributed by atoms with Gasteiger partial charge in [-0.05, 0) is 39.7 Å². The van der Waals surface area contributed by atoms with Crippen molar-refractivity contribution in [3.05, 3.63) is 29.3 Å². The first-order chi connectivity index (χ1) is 10.9. The van der Waals surface area contributed by atoms with Crippen LogP contribution in [0.25, 0.3) is 0 Å². The molecule has 8 nitrogen and oxygen atoms in total. The lowest BCUT2D eigenvalue weighted by Crippen LogP contribution is -2.48. The Hall–Kier alpha value is -2.22. The number of piperidine rings is 1. The van der Waals surface area contributed by atoms with Crippen LogP contribution in [0.15, 0.2) is 12.3 Å². The van der Waals surface area contributed by atoms with Gasteiger partial charge in [0.25, 0.3) is 5.91 Å². The fourth-order valence-electron chi connectivity index (χ4n) is 2.85. The van der Waals surface area contributed by atoms with Gasteiger partial charge in [-0.1, -0.05) is 5.21 Å². The maximum atomic E-state index is 12.5. The second kappa shape index (κ2) is 5.77. The number of β-amino-alcohol motifs (C(OH)–C–C–N with tert-alkyl or cyclic N) is 1. The summed E-state index contributed by atoms with van der Waals surface area (Å²) in [7, 11) is 0. The lowest BCUT2D eigenvalue weighted by Gasteiger charge is -2.37. The Kier molecular flexibility index (Phi) is 3.93. The van der Waals surface area contributed by atoms with Crippen LogP contribution in [0.1, 0.15) is 54.6 Å². The number of aromatic nitrogens is 5. The van der Waals surface area contributed by atoms with Gasteiger partial charge in [0.05, 0.1) is 12.7 Å². The Balaban J connectivity index is 1.80. The molecule has 1 fully saturated rings. The topological polar surface area (TPSA) is 99.9 Å². The first-order valence-electron chi connectivity index (χ1n) is 7.85. The van der Waals surface area contributed by atoms with Crippen LogP contribution in [0.5, 0.6) is 0 Å². The highest BCUT2D eigenvalue weighted by molar-refractivity contribution is 5.92. The molecule has 2 aromatic rings. The number of likely N-dealkylation sites (tertiary alicyclic amines) is 1. The van der Waals surface area contributed by atoms with Crippen molar-refractivity contribution in [2.24, 2.45) is 0 Å². The van der Waals surface area contributed by atoms with Crippen LogP contribution in [0.2, 0.25) is 0 Å². The van der Waals surface area contributed by atoms with Crippen molar-refractivity contribution < 1.29 is 9.90 Å². The normalized spacial score (nSPS) is 21.9. The molecule has 0 bridgehead atoms. The number of H-pyrrole nitrogens is 1. The molecule has 0 radical (unpaired) electrons. The molecule has 1 saturated heterocycles. The van der Waals surface area contributed by atoms with E-state index in [0.29, 0.717) is 30.8 Å². The first-order valence-corrected chi connectivity index (χ1v) is 7.85. The minimum Gasteiger partial charge on any atom is -0.382 e. The largest absolute Gasteiger partial charge is 0.382 e. The van der Waals surface area contributed by atoms with Gasteiger partial charge in [0.1, 0.15) is 17.0 Å². The van der Waals surface area contributed by atoms with E-state index in [2.05, 4.69) is 20.5 Å². The van der Waals surface area contributed by atoms with Gasteiger partial charge in [0, 0.05) is 18.3 Å². The van der Waals surface area contributed by atoms with Crippen molar-refractivity contribution in [3.8, 4) is 0 Å². The number of carbonyl (C=O) groups is 1. The molecule has 2 N–H and O–H groups in total. The Morgan fingerprint density at radius 3 is 2.87 bits per heavy atom. The van der Waals surface area contributed by atoms with Crippen LogP contribution in [0, 0.1) is 6.92 Å². The average molecular weight is 318 g/mol. The Bertz CT molecular complexity index is 706. The Morgan fingerprint density at radius 2 is 2.26 bits per heavy atom. The summed E-state index contributed by atoms with van der Waals surface area (Å²) >= 11 is 0. The highest BCUT2D eigenvalue weighted by Crippen LogP contribution is 2.31. The van der Waals surface area contributed by atoms with Gasteiger partial charge >= 0.3 is 0 Å². The minimum absolute atomic E-state index is 0.174. The summed E-state index contributed by atoms with van der Waals surface area (Å²) in [6.45, 7) is 6.65. The minimum atomic E-state index is -1.16. The predicted octanol–water partition coefficient (Wildman–Crippen LogP) is 1.01. The average Bonchev–Trinajstić information content (AvgIpc) is 3.15. The molecule has 3 heterocycles. The predicted molar refractivity (Wildman–Crippen MR) is 82.8 cm³/mol. The van der Waals surface area contributed by atoms with E-state index in [1.165, 1.54) is 0 Å². The fourth-order valence-corrected chi connectivity index (χ4v) is 2.85. The van der Waals surface area contributed by atoms with Gasteiger partial charge in [-0.2, -0.15) is 5.10 Å². The maximum absolute atomic E-state index is 12.5. The first kappa shape index (κ1) is 15.7. The highest BCUT2D eigenvalue weighted by Gasteiger charge is 2.39. The number of aromatic amines is 1. The van der Waals surface area contributed by atoms with Gasteiger partial charge in [-0.15, -0.1) is 5.10 Å². The van der Waals surface area contributed by atoms with Crippen LogP contribution in [-0.2, 0) is 5.60 Å². The second-order valence-electron chi connectivity index (χ2n) is 6.48. The molecule has 0 spiro atoms. The molecule has 23 heavy (non-hydrogen) atoms. The summed E-state index contributed by atoms with van der Waals surface area (Å²) in [5.74, 6) is -0.177. The summed E-state index contributed by atoms with van der Waals surface area (Å²) in [5.41, 5.74) is 0.562. The van der Waals surface area contributed by atoms with Gasteiger partial charge in [-0.25, -0.2) is 4.68 Å². The number of aliphatic hydroxyl groups is 1. The Morgan fingerprint density at radius 1 is 1.48 bits per heavy atom. The van der Waals surface area contributed by atoms with Crippen LogP contribution >= 0.6 is 0 Å². The van der Waals surface area contributed by atoms with E-state index < -0.39 is 5.60 Å². The fraction of sp³-hybridized carbons (Fsp3) is 0.600. The SMILES string of the molecule is Cc1cc(C(=O)N2CCC[C@](O)(c3cn(C(C)C)nn3)C2)n[nH]1. The third kappa shape index (κ3) is 2.98. The number of hydrogen-bond acceptors (Lipinski definition) is 5. The number of nitrogens with one attached hydrogen (secondary N) is 1. The molecule has 0 aromatic carbocycles. The van der Waals surface area contributed by atoms with E-state index >= 15 is 0 Å². The van der Waals surface area contributed by atoms with Gasteiger partial charge in [0.15, 0.2) is 0 Å². The van der Waals surface area contributed by atoms with E-state index in [0.717, 1.165) is 5.69 Å². The maximum Gasteiger partial charge on any atom is 0.274 e. The quantitative estimate of drug-likeness (QED) is 0.880. The molecule has 1 aliphatic rings. The molecule has 1 atom stereocenters. The highest BCUT2D eigenvalue weighted by atomic mass is 16.3. The lowest BCUT2D eigenvalue weighted by molar-refractivity contribution is -0.0322. The number of nitrogens with zero attached hydrogens (tertiary/aromatic N) is 5. The Labute approximate surface area is 134 Å². The van der Waals surface area contributed by atoms with E-state index in [9.17, 15) is 9.90 Å². The number of carbonyl (C=O) groups excluding carboxylic acids is 1. The smallest absolute Gasteiger partial charge is 0.274 e. The van der Waals surface area contributed by atoms with Crippen molar-refractivity contribution in [1.82, 2.24) is 30.1 Å². The monoisotopic (exact) mass is 318 g/mol. The van der Waals surface area contributed by atoms with E-state index in [-0.39, 0.29) is 18.5 Å². The van der Waals surface area contributed by atoms with Crippen LogP contribution in [0.3, 0.4) is 0 Å². The molecule has 8 heteroatoms. The number of amides is 1. The van der Waals surface area contributed by atoms with E-state index in [1.807, 2.05) is 20.8 Å². The molecule has 3 rings (SSSR count). The van der Waals surface area contributed by atoms with Gasteiger partial charge in [-0.3, -0.25) is 9.89 Å². The third-order valence-electron chi connectivity index (χ3n) is 4.20. The zero-order valence-electron chi connectivity index (χ0n) is 13.7. The summed E-state index contributed by atoms with van der Waals surface area (Å²) < 4.78 is 1.71. The van der Waals surface area contributed by atoms with Crippen molar-refractivity contribution in [3.63, 3.8) is 0 Å². The zero-order valence-corrected chi connectivity index (χ0v) is 13.7. The van der Waals surface area contributed by atoms with E-state index in [4.69, 9.17) is 0 Å². The third-order valence-corrected chi connectivity index (χ3v) is 4.20. The zero-order chi connectivity index (χ0) is 16.6. The van der Waals surface area contributed by atoms with Crippen LogP contribution < -0.4 is 0 Å². The lowest BCUT2D eigenvalue weighted by atomic mass is 9.90. The van der Waals surface area contributed by atoms with Crippen molar-refractivity contribution in [1.29, 1.82) is 0 Å². The summed E-state index contributed by atoms with van der Waals surface area (Å²) in [4.78, 5) is 14.2. The van der Waals surface area contributed by atoms with E-state index in [1.54, 1.807) is 21.8 Å². The molecule has 1 aliphatic heterocycles. The van der Waals surface area contributed by atoms with Crippen LogP contribution in [0.4, 0.5) is 0 Å². The molecule has 0 saturated carbocycles. The number of rotatable bonds is 3. The van der Waals surface area contributed by atoms with Crippen molar-refractivity contribution >= 4 is 5.91 Å². The molecular formula is C15H22N6O2. The summed E-state index contributed by atoms with van der Waals surface area (Å²) in [6.07, 6.45) is 3.03. The molecule has 0 unspecified atom stereocenters. The number of aryl methyl sites for hydroxylation is 1. The second-order valence-corrected chi connectivity index (χ2v) is 6.48. The van der Waals surface area contributed by atoms with Crippen molar-refractivity contribution in [2.75, 3.05) is 13.1 Å². The van der Waals surface area contributed by atoms with Gasteiger partial charge in [0.2, 0.25) is 0 Å². The summed E-state index contributed by atoms with van der Waals surface area (Å²) in [6, 6.07) is 1.89. The molecule has 0 aliphatic carbocycles. The summed E-state index contributed by atoms with van der Waals surface area (Å²) in [5, 5.41) is 25.9. The molecule has 1 amide bonds. The standard InChI is InChI=1S/C15H22N6O2/c1-10(2)21-8-13(18-19-21)15(23)5-4-6-20(9-15)14(22)12-7-11(3)16-17-12/h7-8,10,23H,4-6,9H2,1-3H3,(H,16,17)/t15-/m1/s1. The van der Waals surface area contributed by atoms with Crippen molar-refractivity contribution in [2.45, 2.75) is 45.3 Å².